The van der Waals surface area contributed by atoms with Crippen LogP contribution in [0.25, 0.3) is 16.7 Å². The third-order valence-electron chi connectivity index (χ3n) is 2.75. The molecule has 0 fully saturated rings. The normalized spacial score (nSPS) is 11.1. The number of nitrogens with zero attached hydrogens (tertiary/aromatic N) is 2. The van der Waals surface area contributed by atoms with E-state index in [1.54, 1.807) is 18.2 Å². The van der Waals surface area contributed by atoms with Crippen LogP contribution in [0.15, 0.2) is 40.9 Å². The quantitative estimate of drug-likeness (QED) is 0.688. The Morgan fingerprint density at radius 2 is 1.74 bits per heavy atom. The summed E-state index contributed by atoms with van der Waals surface area (Å²) in [6.07, 6.45) is 0. The zero-order valence-corrected chi connectivity index (χ0v) is 12.7. The van der Waals surface area contributed by atoms with E-state index in [0.717, 1.165) is 21.2 Å². The minimum atomic E-state index is 0.395. The first-order valence-corrected chi connectivity index (χ1v) is 6.99. The van der Waals surface area contributed by atoms with E-state index in [9.17, 15) is 0 Å². The fraction of sp³-hybridized carbons (Fsp3) is 0. The summed E-state index contributed by atoms with van der Waals surface area (Å²) in [5.74, 6) is 0.395. The van der Waals surface area contributed by atoms with Gasteiger partial charge in [-0.1, -0.05) is 39.1 Å². The molecule has 3 rings (SSSR count). The lowest BCUT2D eigenvalue weighted by Gasteiger charge is -2.07. The SMILES string of the molecule is Nc1nc2cc(Br)ccc2n1-c1cc(Cl)cc(Cl)c1. The molecule has 1 aromatic heterocycles. The number of anilines is 1. The molecule has 0 atom stereocenters. The maximum absolute atomic E-state index is 6.03. The number of rotatable bonds is 1. The van der Waals surface area contributed by atoms with E-state index < -0.39 is 0 Å². The van der Waals surface area contributed by atoms with E-state index in [0.29, 0.717) is 16.0 Å². The highest BCUT2D eigenvalue weighted by Gasteiger charge is 2.11. The summed E-state index contributed by atoms with van der Waals surface area (Å²) in [7, 11) is 0. The van der Waals surface area contributed by atoms with Gasteiger partial charge in [0.2, 0.25) is 5.95 Å². The van der Waals surface area contributed by atoms with Crippen molar-refractivity contribution in [1.82, 2.24) is 9.55 Å². The number of imidazole rings is 1. The summed E-state index contributed by atoms with van der Waals surface area (Å²) in [6.45, 7) is 0. The van der Waals surface area contributed by atoms with Crippen LogP contribution in [0.5, 0.6) is 0 Å². The fourth-order valence-corrected chi connectivity index (χ4v) is 2.88. The molecule has 0 saturated heterocycles. The first-order valence-electron chi connectivity index (χ1n) is 5.44. The van der Waals surface area contributed by atoms with Gasteiger partial charge in [0.05, 0.1) is 16.7 Å². The molecular weight excluding hydrogens is 349 g/mol. The van der Waals surface area contributed by atoms with Crippen LogP contribution in [0.3, 0.4) is 0 Å². The number of halogens is 3. The van der Waals surface area contributed by atoms with Crippen molar-refractivity contribution in [2.24, 2.45) is 0 Å². The molecule has 3 aromatic rings. The summed E-state index contributed by atoms with van der Waals surface area (Å²) in [4.78, 5) is 4.33. The lowest BCUT2D eigenvalue weighted by atomic mass is 10.3. The van der Waals surface area contributed by atoms with E-state index in [4.69, 9.17) is 28.9 Å². The number of nitrogens with two attached hydrogens (primary N) is 1. The highest BCUT2D eigenvalue weighted by Crippen LogP contribution is 2.28. The Morgan fingerprint density at radius 3 is 2.42 bits per heavy atom. The van der Waals surface area contributed by atoms with Gasteiger partial charge in [-0.3, -0.25) is 4.57 Å². The molecule has 0 amide bonds. The molecule has 0 aliphatic heterocycles. The van der Waals surface area contributed by atoms with Crippen molar-refractivity contribution in [2.75, 3.05) is 5.73 Å². The van der Waals surface area contributed by atoms with Crippen LogP contribution < -0.4 is 5.73 Å². The van der Waals surface area contributed by atoms with Gasteiger partial charge < -0.3 is 5.73 Å². The van der Waals surface area contributed by atoms with Crippen LogP contribution in [0.4, 0.5) is 5.95 Å². The number of hydrogen-bond donors (Lipinski definition) is 1. The fourth-order valence-electron chi connectivity index (χ4n) is 2.01. The summed E-state index contributed by atoms with van der Waals surface area (Å²) in [6, 6.07) is 11.1. The summed E-state index contributed by atoms with van der Waals surface area (Å²) in [5, 5.41) is 1.11. The molecule has 2 N–H and O–H groups in total. The molecule has 2 aromatic carbocycles. The molecule has 0 aliphatic carbocycles. The molecule has 1 heterocycles. The lowest BCUT2D eigenvalue weighted by molar-refractivity contribution is 1.11. The van der Waals surface area contributed by atoms with Gasteiger partial charge in [-0.15, -0.1) is 0 Å². The Bertz CT molecular complexity index is 763. The molecule has 0 aliphatic rings. The van der Waals surface area contributed by atoms with Crippen LogP contribution in [-0.4, -0.2) is 9.55 Å². The van der Waals surface area contributed by atoms with Gasteiger partial charge >= 0.3 is 0 Å². The van der Waals surface area contributed by atoms with Crippen molar-refractivity contribution in [3.63, 3.8) is 0 Å². The molecule has 0 bridgehead atoms. The van der Waals surface area contributed by atoms with E-state index >= 15 is 0 Å². The number of benzene rings is 2. The largest absolute Gasteiger partial charge is 0.369 e. The van der Waals surface area contributed by atoms with Crippen molar-refractivity contribution in [3.05, 3.63) is 50.9 Å². The Balaban J connectivity index is 2.32. The van der Waals surface area contributed by atoms with Crippen molar-refractivity contribution in [1.29, 1.82) is 0 Å². The van der Waals surface area contributed by atoms with Gasteiger partial charge in [0.15, 0.2) is 0 Å². The predicted octanol–water partition coefficient (Wildman–Crippen LogP) is 4.68. The Labute approximate surface area is 128 Å². The molecule has 0 saturated carbocycles. The molecule has 0 unspecified atom stereocenters. The third-order valence-corrected chi connectivity index (χ3v) is 3.68. The van der Waals surface area contributed by atoms with Crippen molar-refractivity contribution in [3.8, 4) is 5.69 Å². The number of fused-ring (bicyclic) bond motifs is 1. The summed E-state index contributed by atoms with van der Waals surface area (Å²) < 4.78 is 2.77. The maximum Gasteiger partial charge on any atom is 0.205 e. The second-order valence-corrected chi connectivity index (χ2v) is 5.85. The van der Waals surface area contributed by atoms with Crippen LogP contribution in [0.1, 0.15) is 0 Å². The van der Waals surface area contributed by atoms with E-state index in [1.165, 1.54) is 0 Å². The minimum absolute atomic E-state index is 0.395. The highest BCUT2D eigenvalue weighted by molar-refractivity contribution is 9.10. The monoisotopic (exact) mass is 355 g/mol. The average Bonchev–Trinajstić information content (AvgIpc) is 2.62. The number of aromatic nitrogens is 2. The summed E-state index contributed by atoms with van der Waals surface area (Å²) in [5.41, 5.74) is 8.49. The van der Waals surface area contributed by atoms with Crippen LogP contribution in [-0.2, 0) is 0 Å². The highest BCUT2D eigenvalue weighted by atomic mass is 79.9. The van der Waals surface area contributed by atoms with Gasteiger partial charge in [0.25, 0.3) is 0 Å². The van der Waals surface area contributed by atoms with E-state index in [2.05, 4.69) is 20.9 Å². The standard InChI is InChI=1S/C13H8BrCl2N3/c14-7-1-2-12-11(3-7)18-13(17)19(12)10-5-8(15)4-9(16)6-10/h1-6H,(H2,17,18). The second kappa shape index (κ2) is 4.71. The van der Waals surface area contributed by atoms with Gasteiger partial charge in [-0.25, -0.2) is 4.98 Å². The second-order valence-electron chi connectivity index (χ2n) is 4.07. The molecule has 19 heavy (non-hydrogen) atoms. The van der Waals surface area contributed by atoms with E-state index in [-0.39, 0.29) is 0 Å². The minimum Gasteiger partial charge on any atom is -0.369 e. The van der Waals surface area contributed by atoms with Crippen LogP contribution in [0, 0.1) is 0 Å². The Kier molecular flexibility index (Phi) is 3.17. The first kappa shape index (κ1) is 12.8. The molecular formula is C13H8BrCl2N3. The third kappa shape index (κ3) is 2.31. The predicted molar refractivity (Wildman–Crippen MR) is 83.2 cm³/mol. The first-order chi connectivity index (χ1) is 9.04. The van der Waals surface area contributed by atoms with Gasteiger partial charge in [-0.05, 0) is 36.4 Å². The smallest absolute Gasteiger partial charge is 0.205 e. The van der Waals surface area contributed by atoms with Gasteiger partial charge in [0.1, 0.15) is 0 Å². The molecule has 3 nitrogen and oxygen atoms in total. The van der Waals surface area contributed by atoms with Crippen molar-refractivity contribution in [2.45, 2.75) is 0 Å². The maximum atomic E-state index is 6.03. The summed E-state index contributed by atoms with van der Waals surface area (Å²) >= 11 is 15.5. The molecule has 0 spiro atoms. The van der Waals surface area contributed by atoms with Crippen molar-refractivity contribution >= 4 is 56.1 Å². The Hall–Kier alpha value is -1.23. The molecule has 6 heteroatoms. The Morgan fingerprint density at radius 1 is 1.05 bits per heavy atom. The van der Waals surface area contributed by atoms with Crippen LogP contribution in [0.2, 0.25) is 10.0 Å². The number of hydrogen-bond acceptors (Lipinski definition) is 2. The van der Waals surface area contributed by atoms with Crippen LogP contribution >= 0.6 is 39.1 Å². The topological polar surface area (TPSA) is 43.8 Å². The molecule has 96 valence electrons. The molecule has 0 radical (unpaired) electrons. The number of nitrogen functional groups attached to an aromatic ring is 1. The lowest BCUT2D eigenvalue weighted by Crippen LogP contribution is -2.00. The zero-order valence-electron chi connectivity index (χ0n) is 9.57. The zero-order chi connectivity index (χ0) is 13.6. The van der Waals surface area contributed by atoms with Crippen molar-refractivity contribution < 1.29 is 0 Å². The average molecular weight is 357 g/mol. The van der Waals surface area contributed by atoms with E-state index in [1.807, 2.05) is 22.8 Å². The van der Waals surface area contributed by atoms with Gasteiger partial charge in [-0.2, -0.15) is 0 Å². The van der Waals surface area contributed by atoms with Gasteiger partial charge in [0, 0.05) is 14.5 Å².